The van der Waals surface area contributed by atoms with Gasteiger partial charge in [0.25, 0.3) is 10.0 Å². The molecule has 7 nitrogen and oxygen atoms in total. The second kappa shape index (κ2) is 4.15. The number of benzene rings is 1. The minimum absolute atomic E-state index is 0.102. The number of rotatable bonds is 2. The molecular weight excluding hydrogens is 260 g/mol. The van der Waals surface area contributed by atoms with Crippen LogP contribution in [0.15, 0.2) is 44.6 Å². The molecule has 0 saturated carbocycles. The van der Waals surface area contributed by atoms with Gasteiger partial charge in [-0.2, -0.15) is 0 Å². The van der Waals surface area contributed by atoms with Gasteiger partial charge in [0, 0.05) is 0 Å². The predicted octanol–water partition coefficient (Wildman–Crippen LogP) is 0.150. The zero-order chi connectivity index (χ0) is 13.3. The lowest BCUT2D eigenvalue weighted by atomic mass is 10.2. The van der Waals surface area contributed by atoms with E-state index in [1.165, 1.54) is 16.9 Å². The molecule has 2 aromatic rings. The monoisotopic (exact) mass is 268 g/mol. The minimum Gasteiger partial charge on any atom is -0.463 e. The zero-order valence-electron chi connectivity index (χ0n) is 8.91. The van der Waals surface area contributed by atoms with Gasteiger partial charge in [-0.1, -0.05) is 12.1 Å². The molecule has 0 aliphatic rings. The molecule has 0 unspecified atom stereocenters. The molecular formula is C10H8N2O5S. The lowest BCUT2D eigenvalue weighted by molar-refractivity contribution is 0.253. The number of sulfonamides is 1. The summed E-state index contributed by atoms with van der Waals surface area (Å²) in [5.41, 5.74) is 4.21. The van der Waals surface area contributed by atoms with Crippen LogP contribution in [0.1, 0.15) is 0 Å². The summed E-state index contributed by atoms with van der Waals surface area (Å²) in [6.07, 6.45) is 0.774. The highest BCUT2D eigenvalue weighted by Gasteiger charge is 2.22. The lowest BCUT2D eigenvalue weighted by Crippen LogP contribution is -2.37. The minimum atomic E-state index is -4.31. The van der Waals surface area contributed by atoms with Gasteiger partial charge in [0.1, 0.15) is 11.8 Å². The second-order valence-corrected chi connectivity index (χ2v) is 5.05. The van der Waals surface area contributed by atoms with Crippen LogP contribution in [0.4, 0.5) is 4.79 Å². The molecule has 1 aromatic carbocycles. The topological polar surface area (TPSA) is 119 Å². The van der Waals surface area contributed by atoms with Gasteiger partial charge in [-0.05, 0) is 12.1 Å². The summed E-state index contributed by atoms with van der Waals surface area (Å²) in [4.78, 5) is 21.8. The Morgan fingerprint density at radius 2 is 1.94 bits per heavy atom. The molecule has 18 heavy (non-hydrogen) atoms. The maximum atomic E-state index is 11.9. The van der Waals surface area contributed by atoms with Crippen LogP contribution in [0.2, 0.25) is 0 Å². The Bertz CT molecular complexity index is 778. The molecule has 0 fully saturated rings. The Kier molecular flexibility index (Phi) is 2.79. The van der Waals surface area contributed by atoms with Crippen LogP contribution in [0.25, 0.3) is 11.0 Å². The van der Waals surface area contributed by atoms with Gasteiger partial charge in [-0.15, -0.1) is 0 Å². The first-order valence-electron chi connectivity index (χ1n) is 4.74. The van der Waals surface area contributed by atoms with Gasteiger partial charge in [0.2, 0.25) is 5.43 Å². The van der Waals surface area contributed by atoms with Gasteiger partial charge in [-0.3, -0.25) is 4.79 Å². The van der Waals surface area contributed by atoms with E-state index in [0.29, 0.717) is 0 Å². The fraction of sp³-hybridized carbons (Fsp3) is 0. The second-order valence-electron chi connectivity index (χ2n) is 3.39. The van der Waals surface area contributed by atoms with Gasteiger partial charge < -0.3 is 10.2 Å². The average molecular weight is 268 g/mol. The molecule has 2 rings (SSSR count). The van der Waals surface area contributed by atoms with E-state index in [-0.39, 0.29) is 11.0 Å². The van der Waals surface area contributed by atoms with Crippen molar-refractivity contribution in [2.75, 3.05) is 0 Å². The molecule has 2 amide bonds. The lowest BCUT2D eigenvalue weighted by Gasteiger charge is -2.03. The number of primary amides is 1. The molecule has 0 atom stereocenters. The van der Waals surface area contributed by atoms with Crippen molar-refractivity contribution in [3.63, 3.8) is 0 Å². The standard InChI is InChI=1S/C10H8N2O5S/c11-10(14)12-18(15,16)8-5-17-7-4-2-1-3-6(7)9(8)13/h1-5H,(H3,11,12,14). The first-order valence-corrected chi connectivity index (χ1v) is 6.23. The maximum absolute atomic E-state index is 11.9. The van der Waals surface area contributed by atoms with E-state index in [9.17, 15) is 18.0 Å². The number of nitrogens with one attached hydrogen (secondary N) is 1. The Hall–Kier alpha value is -2.35. The Balaban J connectivity index is 2.71. The number of fused-ring (bicyclic) bond motifs is 1. The SMILES string of the molecule is NC(=O)NS(=O)(=O)c1coc2ccccc2c1=O. The fourth-order valence-electron chi connectivity index (χ4n) is 1.43. The Morgan fingerprint density at radius 3 is 2.61 bits per heavy atom. The number of amides is 2. The number of para-hydroxylation sites is 1. The molecule has 0 aliphatic carbocycles. The summed E-state index contributed by atoms with van der Waals surface area (Å²) in [6.45, 7) is 0. The maximum Gasteiger partial charge on any atom is 0.326 e. The molecule has 0 radical (unpaired) electrons. The first kappa shape index (κ1) is 12.1. The van der Waals surface area contributed by atoms with Crippen molar-refractivity contribution in [1.82, 2.24) is 4.72 Å². The van der Waals surface area contributed by atoms with Crippen molar-refractivity contribution in [2.24, 2.45) is 5.73 Å². The van der Waals surface area contributed by atoms with Gasteiger partial charge in [-0.25, -0.2) is 17.9 Å². The Labute approximate surface area is 101 Å². The zero-order valence-corrected chi connectivity index (χ0v) is 9.73. The third-order valence-electron chi connectivity index (χ3n) is 2.17. The fourth-order valence-corrected chi connectivity index (χ4v) is 2.34. The van der Waals surface area contributed by atoms with E-state index < -0.39 is 26.4 Å². The van der Waals surface area contributed by atoms with Crippen LogP contribution in [-0.2, 0) is 10.0 Å². The third kappa shape index (κ3) is 2.05. The highest BCUT2D eigenvalue weighted by Crippen LogP contribution is 2.13. The molecule has 0 bridgehead atoms. The van der Waals surface area contributed by atoms with Crippen LogP contribution < -0.4 is 15.9 Å². The van der Waals surface area contributed by atoms with Crippen LogP contribution in [0.3, 0.4) is 0 Å². The van der Waals surface area contributed by atoms with Crippen molar-refractivity contribution < 1.29 is 17.6 Å². The molecule has 8 heteroatoms. The van der Waals surface area contributed by atoms with Gasteiger partial charge in [0.15, 0.2) is 4.90 Å². The summed E-state index contributed by atoms with van der Waals surface area (Å²) in [7, 11) is -4.31. The summed E-state index contributed by atoms with van der Waals surface area (Å²) >= 11 is 0. The van der Waals surface area contributed by atoms with Gasteiger partial charge in [0.05, 0.1) is 5.39 Å². The highest BCUT2D eigenvalue weighted by molar-refractivity contribution is 7.90. The summed E-state index contributed by atoms with van der Waals surface area (Å²) < 4.78 is 29.8. The summed E-state index contributed by atoms with van der Waals surface area (Å²) in [5, 5.41) is 0.102. The van der Waals surface area contributed by atoms with E-state index in [1.807, 2.05) is 0 Å². The van der Waals surface area contributed by atoms with Crippen LogP contribution in [0, 0.1) is 0 Å². The molecule has 1 aromatic heterocycles. The Morgan fingerprint density at radius 1 is 1.28 bits per heavy atom. The summed E-state index contributed by atoms with van der Waals surface area (Å²) in [6, 6.07) is 4.87. The number of carbonyl (C=O) groups excluding carboxylic acids is 1. The molecule has 0 saturated heterocycles. The number of urea groups is 1. The predicted molar refractivity (Wildman–Crippen MR) is 62.4 cm³/mol. The quantitative estimate of drug-likeness (QED) is 0.803. The molecule has 1 heterocycles. The van der Waals surface area contributed by atoms with Crippen LogP contribution in [-0.4, -0.2) is 14.4 Å². The number of carbonyl (C=O) groups is 1. The van der Waals surface area contributed by atoms with E-state index in [2.05, 4.69) is 0 Å². The largest absolute Gasteiger partial charge is 0.463 e. The molecule has 3 N–H and O–H groups in total. The van der Waals surface area contributed by atoms with Gasteiger partial charge >= 0.3 is 6.03 Å². The van der Waals surface area contributed by atoms with E-state index >= 15 is 0 Å². The normalized spacial score (nSPS) is 11.3. The van der Waals surface area contributed by atoms with E-state index in [0.717, 1.165) is 6.26 Å². The van der Waals surface area contributed by atoms with Crippen LogP contribution >= 0.6 is 0 Å². The van der Waals surface area contributed by atoms with E-state index in [4.69, 9.17) is 10.2 Å². The number of hydrogen-bond acceptors (Lipinski definition) is 5. The van der Waals surface area contributed by atoms with Crippen molar-refractivity contribution in [2.45, 2.75) is 4.90 Å². The highest BCUT2D eigenvalue weighted by atomic mass is 32.2. The molecule has 94 valence electrons. The number of hydrogen-bond donors (Lipinski definition) is 2. The van der Waals surface area contributed by atoms with Crippen LogP contribution in [0.5, 0.6) is 0 Å². The molecule has 0 aliphatic heterocycles. The first-order chi connectivity index (χ1) is 8.42. The molecule has 0 spiro atoms. The van der Waals surface area contributed by atoms with Crippen molar-refractivity contribution in [3.8, 4) is 0 Å². The van der Waals surface area contributed by atoms with Crippen molar-refractivity contribution in [3.05, 3.63) is 40.8 Å². The van der Waals surface area contributed by atoms with Crippen molar-refractivity contribution in [1.29, 1.82) is 0 Å². The van der Waals surface area contributed by atoms with E-state index in [1.54, 1.807) is 12.1 Å². The number of nitrogens with two attached hydrogens (primary N) is 1. The van der Waals surface area contributed by atoms with Crippen molar-refractivity contribution >= 4 is 27.0 Å². The smallest absolute Gasteiger partial charge is 0.326 e. The average Bonchev–Trinajstić information content (AvgIpc) is 2.27. The summed E-state index contributed by atoms with van der Waals surface area (Å²) in [5.74, 6) is 0. The third-order valence-corrected chi connectivity index (χ3v) is 3.50.